The minimum absolute atomic E-state index is 0.666. The van der Waals surface area contributed by atoms with Crippen LogP contribution in [0.25, 0.3) is 0 Å². The van der Waals surface area contributed by atoms with Crippen LogP contribution in [0.2, 0.25) is 0 Å². The molecule has 0 N–H and O–H groups in total. The molecule has 1 unspecified atom stereocenters. The van der Waals surface area contributed by atoms with Crippen molar-refractivity contribution in [2.45, 2.75) is 38.9 Å². The van der Waals surface area contributed by atoms with Gasteiger partial charge in [-0.25, -0.2) is 4.98 Å². The molecule has 1 fully saturated rings. The van der Waals surface area contributed by atoms with E-state index in [1.165, 1.54) is 29.8 Å². The van der Waals surface area contributed by atoms with Crippen LogP contribution in [0, 0.1) is 6.92 Å². The van der Waals surface area contributed by atoms with Crippen molar-refractivity contribution in [2.24, 2.45) is 0 Å². The molecule has 0 spiro atoms. The van der Waals surface area contributed by atoms with Gasteiger partial charge < -0.3 is 4.57 Å². The van der Waals surface area contributed by atoms with E-state index in [0.717, 1.165) is 13.1 Å². The molecule has 96 valence electrons. The molecule has 3 heterocycles. The van der Waals surface area contributed by atoms with Crippen LogP contribution >= 0.6 is 11.3 Å². The topological polar surface area (TPSA) is 21.1 Å². The van der Waals surface area contributed by atoms with Crippen LogP contribution in [0.3, 0.4) is 0 Å². The van der Waals surface area contributed by atoms with E-state index in [-0.39, 0.29) is 0 Å². The monoisotopic (exact) mass is 261 g/mol. The summed E-state index contributed by atoms with van der Waals surface area (Å²) in [6.45, 7) is 5.59. The van der Waals surface area contributed by atoms with Crippen LogP contribution < -0.4 is 0 Å². The van der Waals surface area contributed by atoms with Crippen LogP contribution in [0.5, 0.6) is 0 Å². The van der Waals surface area contributed by atoms with E-state index >= 15 is 0 Å². The molecule has 0 bridgehead atoms. The third-order valence-corrected chi connectivity index (χ3v) is 4.56. The van der Waals surface area contributed by atoms with Gasteiger partial charge in [0, 0.05) is 36.4 Å². The minimum atomic E-state index is 0.666. The summed E-state index contributed by atoms with van der Waals surface area (Å²) in [5, 5.41) is 2.29. The number of thiophene rings is 1. The van der Waals surface area contributed by atoms with Gasteiger partial charge in [-0.2, -0.15) is 0 Å². The van der Waals surface area contributed by atoms with Gasteiger partial charge in [-0.1, -0.05) is 0 Å². The maximum atomic E-state index is 4.12. The quantitative estimate of drug-likeness (QED) is 0.844. The highest BCUT2D eigenvalue weighted by molar-refractivity contribution is 7.10. The van der Waals surface area contributed by atoms with E-state index in [0.29, 0.717) is 6.04 Å². The van der Waals surface area contributed by atoms with E-state index in [4.69, 9.17) is 0 Å². The molecule has 4 heteroatoms. The number of hydrogen-bond donors (Lipinski definition) is 0. The summed E-state index contributed by atoms with van der Waals surface area (Å²) in [6.07, 6.45) is 8.47. The van der Waals surface area contributed by atoms with Crippen molar-refractivity contribution in [1.82, 2.24) is 14.5 Å². The second-order valence-electron chi connectivity index (χ2n) is 5.09. The lowest BCUT2D eigenvalue weighted by Crippen LogP contribution is -2.32. The fourth-order valence-corrected chi connectivity index (χ4v) is 3.46. The Labute approximate surface area is 112 Å². The zero-order chi connectivity index (χ0) is 12.4. The normalized spacial score (nSPS) is 20.6. The second kappa shape index (κ2) is 5.24. The summed E-state index contributed by atoms with van der Waals surface area (Å²) in [6, 6.07) is 2.98. The molecule has 2 aromatic rings. The fourth-order valence-electron chi connectivity index (χ4n) is 2.76. The average Bonchev–Trinajstić information content (AvgIpc) is 3.05. The highest BCUT2D eigenvalue weighted by Gasteiger charge is 2.24. The third-order valence-electron chi connectivity index (χ3n) is 3.65. The lowest BCUT2D eigenvalue weighted by Gasteiger charge is -2.24. The average molecular weight is 261 g/mol. The zero-order valence-electron chi connectivity index (χ0n) is 10.7. The molecule has 18 heavy (non-hydrogen) atoms. The SMILES string of the molecule is Cc1cc(CN2CCCC2Cn2ccnc2)cs1. The van der Waals surface area contributed by atoms with Gasteiger partial charge in [-0.3, -0.25) is 4.90 Å². The predicted octanol–water partition coefficient (Wildman–Crippen LogP) is 2.92. The molecule has 2 aromatic heterocycles. The first kappa shape index (κ1) is 11.9. The van der Waals surface area contributed by atoms with E-state index < -0.39 is 0 Å². The lowest BCUT2D eigenvalue weighted by atomic mass is 10.2. The number of likely N-dealkylation sites (tertiary alicyclic amines) is 1. The van der Waals surface area contributed by atoms with Gasteiger partial charge in [-0.05, 0) is 43.3 Å². The maximum absolute atomic E-state index is 4.12. The minimum Gasteiger partial charge on any atom is -0.336 e. The maximum Gasteiger partial charge on any atom is 0.0946 e. The molecule has 0 aromatic carbocycles. The Kier molecular flexibility index (Phi) is 3.48. The van der Waals surface area contributed by atoms with Crippen molar-refractivity contribution in [1.29, 1.82) is 0 Å². The van der Waals surface area contributed by atoms with Crippen molar-refractivity contribution in [3.05, 3.63) is 40.6 Å². The molecule has 0 radical (unpaired) electrons. The van der Waals surface area contributed by atoms with Gasteiger partial charge >= 0.3 is 0 Å². The van der Waals surface area contributed by atoms with Crippen LogP contribution in [-0.4, -0.2) is 27.0 Å². The van der Waals surface area contributed by atoms with Gasteiger partial charge in [0.05, 0.1) is 6.33 Å². The lowest BCUT2D eigenvalue weighted by molar-refractivity contribution is 0.224. The molecule has 1 saturated heterocycles. The highest BCUT2D eigenvalue weighted by Crippen LogP contribution is 2.23. The smallest absolute Gasteiger partial charge is 0.0946 e. The molecular formula is C14H19N3S. The number of aryl methyl sites for hydroxylation is 1. The van der Waals surface area contributed by atoms with Gasteiger partial charge in [0.2, 0.25) is 0 Å². The molecule has 1 aliphatic rings. The summed E-state index contributed by atoms with van der Waals surface area (Å²) in [5.41, 5.74) is 1.47. The van der Waals surface area contributed by atoms with Crippen molar-refractivity contribution in [3.8, 4) is 0 Å². The summed E-state index contributed by atoms with van der Waals surface area (Å²) in [7, 11) is 0. The Morgan fingerprint density at radius 3 is 3.17 bits per heavy atom. The Hall–Kier alpha value is -1.13. The first-order valence-electron chi connectivity index (χ1n) is 6.55. The van der Waals surface area contributed by atoms with Crippen molar-refractivity contribution < 1.29 is 0 Å². The molecule has 3 rings (SSSR count). The summed E-state index contributed by atoms with van der Waals surface area (Å²) in [4.78, 5) is 8.15. The van der Waals surface area contributed by atoms with Crippen LogP contribution in [0.4, 0.5) is 0 Å². The Morgan fingerprint density at radius 1 is 1.50 bits per heavy atom. The summed E-state index contributed by atoms with van der Waals surface area (Å²) < 4.78 is 2.20. The van der Waals surface area contributed by atoms with Crippen LogP contribution in [-0.2, 0) is 13.1 Å². The first-order valence-corrected chi connectivity index (χ1v) is 7.43. The zero-order valence-corrected chi connectivity index (χ0v) is 11.6. The molecule has 0 amide bonds. The number of aromatic nitrogens is 2. The third kappa shape index (κ3) is 2.65. The number of imidazole rings is 1. The van der Waals surface area contributed by atoms with Crippen molar-refractivity contribution in [3.63, 3.8) is 0 Å². The Morgan fingerprint density at radius 2 is 2.44 bits per heavy atom. The summed E-state index contributed by atoms with van der Waals surface area (Å²) in [5.74, 6) is 0. The van der Waals surface area contributed by atoms with E-state index in [9.17, 15) is 0 Å². The Bertz CT molecular complexity index is 489. The largest absolute Gasteiger partial charge is 0.336 e. The number of nitrogens with zero attached hydrogens (tertiary/aromatic N) is 3. The van der Waals surface area contributed by atoms with Crippen molar-refractivity contribution >= 4 is 11.3 Å². The van der Waals surface area contributed by atoms with Crippen LogP contribution in [0.15, 0.2) is 30.2 Å². The predicted molar refractivity (Wildman–Crippen MR) is 74.7 cm³/mol. The molecular weight excluding hydrogens is 242 g/mol. The fraction of sp³-hybridized carbons (Fsp3) is 0.500. The standard InChI is InChI=1S/C14H19N3S/c1-12-7-13(10-18-12)8-17-5-2-3-14(17)9-16-6-4-15-11-16/h4,6-7,10-11,14H,2-3,5,8-9H2,1H3. The van der Waals surface area contributed by atoms with Crippen molar-refractivity contribution in [2.75, 3.05) is 6.54 Å². The molecule has 3 nitrogen and oxygen atoms in total. The van der Waals surface area contributed by atoms with E-state index in [1.807, 2.05) is 23.9 Å². The van der Waals surface area contributed by atoms with Crippen LogP contribution in [0.1, 0.15) is 23.3 Å². The van der Waals surface area contributed by atoms with Gasteiger partial charge in [0.15, 0.2) is 0 Å². The molecule has 1 aliphatic heterocycles. The molecule has 0 aliphatic carbocycles. The molecule has 0 saturated carbocycles. The highest BCUT2D eigenvalue weighted by atomic mass is 32.1. The Balaban J connectivity index is 1.64. The van der Waals surface area contributed by atoms with Gasteiger partial charge in [0.1, 0.15) is 0 Å². The van der Waals surface area contributed by atoms with Gasteiger partial charge in [-0.15, -0.1) is 11.3 Å². The number of hydrogen-bond acceptors (Lipinski definition) is 3. The van der Waals surface area contributed by atoms with Gasteiger partial charge in [0.25, 0.3) is 0 Å². The van der Waals surface area contributed by atoms with E-state index in [2.05, 4.69) is 39.0 Å². The number of rotatable bonds is 4. The second-order valence-corrected chi connectivity index (χ2v) is 6.21. The molecule has 1 atom stereocenters. The first-order chi connectivity index (χ1) is 8.81. The van der Waals surface area contributed by atoms with E-state index in [1.54, 1.807) is 0 Å². The summed E-state index contributed by atoms with van der Waals surface area (Å²) >= 11 is 1.85.